The normalized spacial score (nSPS) is 30.1. The highest BCUT2D eigenvalue weighted by molar-refractivity contribution is 5.87. The summed E-state index contributed by atoms with van der Waals surface area (Å²) in [5.74, 6) is 1.37. The summed E-state index contributed by atoms with van der Waals surface area (Å²) in [5.41, 5.74) is 0.824. The standard InChI is InChI=1S/C17H28O2/c1-13-8-10-15(11-9-13)12-14(2)17(18)19-16-6-4-3-5-7-16/h12-13,15-16H,3-11H2,1-2H3. The Balaban J connectivity index is 1.80. The number of allylic oxidation sites excluding steroid dienone is 1. The Morgan fingerprint density at radius 1 is 1.00 bits per heavy atom. The molecule has 0 spiro atoms. The number of rotatable bonds is 3. The van der Waals surface area contributed by atoms with Gasteiger partial charge in [0, 0.05) is 5.57 Å². The molecule has 0 N–H and O–H groups in total. The predicted octanol–water partition coefficient (Wildman–Crippen LogP) is 4.63. The van der Waals surface area contributed by atoms with Gasteiger partial charge in [-0.25, -0.2) is 4.79 Å². The van der Waals surface area contributed by atoms with Crippen molar-refractivity contribution in [3.8, 4) is 0 Å². The molecule has 0 radical (unpaired) electrons. The number of carbonyl (C=O) groups is 1. The molecule has 0 aliphatic heterocycles. The molecule has 0 atom stereocenters. The van der Waals surface area contributed by atoms with Crippen molar-refractivity contribution < 1.29 is 9.53 Å². The van der Waals surface area contributed by atoms with Crippen LogP contribution in [0.1, 0.15) is 71.6 Å². The van der Waals surface area contributed by atoms with Gasteiger partial charge in [0.1, 0.15) is 6.10 Å². The molecule has 2 nitrogen and oxygen atoms in total. The van der Waals surface area contributed by atoms with Crippen LogP contribution in [-0.2, 0) is 9.53 Å². The van der Waals surface area contributed by atoms with E-state index in [1.807, 2.05) is 6.92 Å². The van der Waals surface area contributed by atoms with Gasteiger partial charge < -0.3 is 4.74 Å². The Kier molecular flexibility index (Phi) is 5.47. The zero-order chi connectivity index (χ0) is 13.7. The van der Waals surface area contributed by atoms with Crippen LogP contribution in [-0.4, -0.2) is 12.1 Å². The van der Waals surface area contributed by atoms with Crippen molar-refractivity contribution >= 4 is 5.97 Å². The van der Waals surface area contributed by atoms with Crippen LogP contribution in [0.5, 0.6) is 0 Å². The number of esters is 1. The molecule has 0 aromatic heterocycles. The third-order valence-electron chi connectivity index (χ3n) is 4.69. The topological polar surface area (TPSA) is 26.3 Å². The molecule has 108 valence electrons. The number of hydrogen-bond donors (Lipinski definition) is 0. The number of ether oxygens (including phenoxy) is 1. The van der Waals surface area contributed by atoms with Crippen LogP contribution in [0.2, 0.25) is 0 Å². The van der Waals surface area contributed by atoms with E-state index in [2.05, 4.69) is 13.0 Å². The van der Waals surface area contributed by atoms with E-state index < -0.39 is 0 Å². The summed E-state index contributed by atoms with van der Waals surface area (Å²) in [6.45, 7) is 4.24. The molecule has 0 unspecified atom stereocenters. The maximum Gasteiger partial charge on any atom is 0.333 e. The summed E-state index contributed by atoms with van der Waals surface area (Å²) in [7, 11) is 0. The largest absolute Gasteiger partial charge is 0.459 e. The molecule has 2 aliphatic rings. The van der Waals surface area contributed by atoms with Crippen LogP contribution in [0.25, 0.3) is 0 Å². The van der Waals surface area contributed by atoms with Crippen LogP contribution in [0, 0.1) is 11.8 Å². The maximum atomic E-state index is 12.1. The molecule has 0 bridgehead atoms. The first kappa shape index (κ1) is 14.6. The fourth-order valence-corrected chi connectivity index (χ4v) is 3.30. The molecule has 2 aliphatic carbocycles. The molecule has 0 aromatic carbocycles. The van der Waals surface area contributed by atoms with E-state index in [1.165, 1.54) is 44.9 Å². The van der Waals surface area contributed by atoms with Gasteiger partial charge in [0.05, 0.1) is 0 Å². The van der Waals surface area contributed by atoms with Crippen molar-refractivity contribution in [3.05, 3.63) is 11.6 Å². The van der Waals surface area contributed by atoms with Gasteiger partial charge in [-0.2, -0.15) is 0 Å². The Labute approximate surface area is 117 Å². The van der Waals surface area contributed by atoms with Gasteiger partial charge in [0.2, 0.25) is 0 Å². The lowest BCUT2D eigenvalue weighted by molar-refractivity contribution is -0.145. The van der Waals surface area contributed by atoms with Gasteiger partial charge in [0.25, 0.3) is 0 Å². The van der Waals surface area contributed by atoms with Crippen LogP contribution in [0.15, 0.2) is 11.6 Å². The van der Waals surface area contributed by atoms with E-state index in [4.69, 9.17) is 4.74 Å². The molecule has 2 saturated carbocycles. The first-order chi connectivity index (χ1) is 9.15. The summed E-state index contributed by atoms with van der Waals surface area (Å²) in [6, 6.07) is 0. The zero-order valence-corrected chi connectivity index (χ0v) is 12.5. The third kappa shape index (κ3) is 4.67. The maximum absolute atomic E-state index is 12.1. The summed E-state index contributed by atoms with van der Waals surface area (Å²) >= 11 is 0. The van der Waals surface area contributed by atoms with Gasteiger partial charge in [-0.15, -0.1) is 0 Å². The molecule has 0 amide bonds. The van der Waals surface area contributed by atoms with E-state index in [0.717, 1.165) is 24.3 Å². The quantitative estimate of drug-likeness (QED) is 0.548. The minimum Gasteiger partial charge on any atom is -0.459 e. The van der Waals surface area contributed by atoms with Crippen molar-refractivity contribution in [2.75, 3.05) is 0 Å². The summed E-state index contributed by atoms with van der Waals surface area (Å²) in [4.78, 5) is 12.1. The van der Waals surface area contributed by atoms with Gasteiger partial charge in [-0.05, 0) is 57.3 Å². The Hall–Kier alpha value is -0.790. The second kappa shape index (κ2) is 7.12. The smallest absolute Gasteiger partial charge is 0.333 e. The lowest BCUT2D eigenvalue weighted by Gasteiger charge is -2.25. The molecule has 2 fully saturated rings. The zero-order valence-electron chi connectivity index (χ0n) is 12.5. The molecule has 2 rings (SSSR count). The fourth-order valence-electron chi connectivity index (χ4n) is 3.30. The van der Waals surface area contributed by atoms with Gasteiger partial charge >= 0.3 is 5.97 Å². The average molecular weight is 264 g/mol. The second-order valence-corrected chi connectivity index (χ2v) is 6.53. The minimum atomic E-state index is -0.0782. The van der Waals surface area contributed by atoms with Crippen LogP contribution in [0.3, 0.4) is 0 Å². The SMILES string of the molecule is CC(=CC1CCC(C)CC1)C(=O)OC1CCCCC1. The Morgan fingerprint density at radius 3 is 2.26 bits per heavy atom. The van der Waals surface area contributed by atoms with Crippen molar-refractivity contribution in [2.24, 2.45) is 11.8 Å². The van der Waals surface area contributed by atoms with E-state index in [1.54, 1.807) is 0 Å². The predicted molar refractivity (Wildman–Crippen MR) is 77.8 cm³/mol. The third-order valence-corrected chi connectivity index (χ3v) is 4.69. The Bertz CT molecular complexity index is 318. The van der Waals surface area contributed by atoms with Gasteiger partial charge in [0.15, 0.2) is 0 Å². The van der Waals surface area contributed by atoms with E-state index in [0.29, 0.717) is 5.92 Å². The molecule has 2 heteroatoms. The van der Waals surface area contributed by atoms with Crippen molar-refractivity contribution in [1.82, 2.24) is 0 Å². The highest BCUT2D eigenvalue weighted by atomic mass is 16.5. The second-order valence-electron chi connectivity index (χ2n) is 6.53. The average Bonchev–Trinajstić information content (AvgIpc) is 2.42. The highest BCUT2D eigenvalue weighted by Crippen LogP contribution is 2.30. The van der Waals surface area contributed by atoms with Crippen molar-refractivity contribution in [2.45, 2.75) is 77.7 Å². The molecular formula is C17H28O2. The molecule has 0 aromatic rings. The van der Waals surface area contributed by atoms with Crippen LogP contribution < -0.4 is 0 Å². The van der Waals surface area contributed by atoms with Gasteiger partial charge in [-0.1, -0.05) is 32.3 Å². The summed E-state index contributed by atoms with van der Waals surface area (Å²) < 4.78 is 5.61. The Morgan fingerprint density at radius 2 is 1.63 bits per heavy atom. The van der Waals surface area contributed by atoms with E-state index >= 15 is 0 Å². The molecule has 0 heterocycles. The summed E-state index contributed by atoms with van der Waals surface area (Å²) in [6.07, 6.45) is 13.2. The fraction of sp³-hybridized carbons (Fsp3) is 0.824. The first-order valence-electron chi connectivity index (χ1n) is 8.04. The van der Waals surface area contributed by atoms with Crippen molar-refractivity contribution in [1.29, 1.82) is 0 Å². The lowest BCUT2D eigenvalue weighted by Crippen LogP contribution is -2.21. The lowest BCUT2D eigenvalue weighted by atomic mass is 9.82. The van der Waals surface area contributed by atoms with Gasteiger partial charge in [-0.3, -0.25) is 0 Å². The highest BCUT2D eigenvalue weighted by Gasteiger charge is 2.21. The molecule has 0 saturated heterocycles. The van der Waals surface area contributed by atoms with E-state index in [9.17, 15) is 4.79 Å². The molecular weight excluding hydrogens is 236 g/mol. The van der Waals surface area contributed by atoms with Crippen molar-refractivity contribution in [3.63, 3.8) is 0 Å². The minimum absolute atomic E-state index is 0.0782. The van der Waals surface area contributed by atoms with Crippen LogP contribution in [0.4, 0.5) is 0 Å². The van der Waals surface area contributed by atoms with E-state index in [-0.39, 0.29) is 12.1 Å². The van der Waals surface area contributed by atoms with Crippen LogP contribution >= 0.6 is 0 Å². The monoisotopic (exact) mass is 264 g/mol. The number of hydrogen-bond acceptors (Lipinski definition) is 2. The first-order valence-corrected chi connectivity index (χ1v) is 8.04. The molecule has 19 heavy (non-hydrogen) atoms. The summed E-state index contributed by atoms with van der Waals surface area (Å²) in [5, 5.41) is 0. The number of carbonyl (C=O) groups excluding carboxylic acids is 1.